The Hall–Kier alpha value is -4.51. The highest BCUT2D eigenvalue weighted by Crippen LogP contribution is 2.37. The van der Waals surface area contributed by atoms with Crippen LogP contribution in [-0.4, -0.2) is 28.0 Å². The quantitative estimate of drug-likeness (QED) is 0.286. The Morgan fingerprint density at radius 2 is 1.85 bits per heavy atom. The molecule has 0 radical (unpaired) electrons. The van der Waals surface area contributed by atoms with Gasteiger partial charge < -0.3 is 20.2 Å². The molecule has 0 aliphatic heterocycles. The van der Waals surface area contributed by atoms with Crippen LogP contribution in [0.2, 0.25) is 0 Å². The SMILES string of the molecule is COc1ccc(-c2nc(C(=O)NCc3cc(C)nc4ccccc34)c([C@H](C)N)o2)c2ccc(C(F)(F)F)nc12. The van der Waals surface area contributed by atoms with Crippen LogP contribution in [0, 0.1) is 6.92 Å². The number of amides is 1. The van der Waals surface area contributed by atoms with Crippen LogP contribution in [0.1, 0.15) is 46.2 Å². The molecule has 1 amide bonds. The third-order valence-corrected chi connectivity index (χ3v) is 6.21. The van der Waals surface area contributed by atoms with E-state index in [1.807, 2.05) is 37.3 Å². The number of methoxy groups -OCH3 is 1. The lowest BCUT2D eigenvalue weighted by atomic mass is 10.1. The number of fused-ring (bicyclic) bond motifs is 2. The number of nitrogens with one attached hydrogen (secondary N) is 1. The van der Waals surface area contributed by atoms with E-state index in [9.17, 15) is 18.0 Å². The summed E-state index contributed by atoms with van der Waals surface area (Å²) >= 11 is 0. The molecule has 0 unspecified atom stereocenters. The van der Waals surface area contributed by atoms with E-state index in [-0.39, 0.29) is 35.2 Å². The Morgan fingerprint density at radius 3 is 2.56 bits per heavy atom. The topological polar surface area (TPSA) is 116 Å². The summed E-state index contributed by atoms with van der Waals surface area (Å²) < 4.78 is 51.1. The number of pyridine rings is 2. The zero-order chi connectivity index (χ0) is 27.9. The lowest BCUT2D eigenvalue weighted by molar-refractivity contribution is -0.140. The van der Waals surface area contributed by atoms with Gasteiger partial charge in [0.05, 0.1) is 18.7 Å². The number of alkyl halides is 3. The molecule has 0 aliphatic rings. The zero-order valence-corrected chi connectivity index (χ0v) is 21.3. The molecule has 2 aromatic carbocycles. The third kappa shape index (κ3) is 5.00. The summed E-state index contributed by atoms with van der Waals surface area (Å²) in [5.74, 6) is -0.197. The van der Waals surface area contributed by atoms with Crippen molar-refractivity contribution in [1.29, 1.82) is 0 Å². The second-order valence-electron chi connectivity index (χ2n) is 9.05. The maximum absolute atomic E-state index is 13.3. The fourth-order valence-electron chi connectivity index (χ4n) is 4.42. The number of carbonyl (C=O) groups excluding carboxylic acids is 1. The van der Waals surface area contributed by atoms with Crippen LogP contribution in [0.15, 0.2) is 59.0 Å². The van der Waals surface area contributed by atoms with Crippen LogP contribution < -0.4 is 15.8 Å². The highest BCUT2D eigenvalue weighted by atomic mass is 19.4. The number of halogens is 3. The van der Waals surface area contributed by atoms with E-state index in [2.05, 4.69) is 20.3 Å². The average molecular weight is 536 g/mol. The van der Waals surface area contributed by atoms with Gasteiger partial charge in [-0.25, -0.2) is 9.97 Å². The molecule has 11 heteroatoms. The predicted octanol–water partition coefficient (Wildman–Crippen LogP) is 5.72. The van der Waals surface area contributed by atoms with Crippen molar-refractivity contribution < 1.29 is 27.1 Å². The van der Waals surface area contributed by atoms with Gasteiger partial charge in [-0.05, 0) is 55.8 Å². The van der Waals surface area contributed by atoms with Crippen molar-refractivity contribution in [3.05, 3.63) is 83.0 Å². The minimum absolute atomic E-state index is 0.0149. The van der Waals surface area contributed by atoms with Gasteiger partial charge in [0.25, 0.3) is 5.91 Å². The molecule has 0 fully saturated rings. The number of aryl methyl sites for hydroxylation is 1. The van der Waals surface area contributed by atoms with Gasteiger partial charge in [-0.2, -0.15) is 13.2 Å². The minimum atomic E-state index is -4.63. The molecule has 0 aliphatic carbocycles. The summed E-state index contributed by atoms with van der Waals surface area (Å²) in [7, 11) is 1.34. The van der Waals surface area contributed by atoms with Gasteiger partial charge in [-0.3, -0.25) is 9.78 Å². The van der Waals surface area contributed by atoms with Crippen molar-refractivity contribution in [2.75, 3.05) is 7.11 Å². The fourth-order valence-corrected chi connectivity index (χ4v) is 4.42. The Kier molecular flexibility index (Phi) is 6.69. The number of hydrogen-bond donors (Lipinski definition) is 2. The van der Waals surface area contributed by atoms with Crippen LogP contribution in [0.4, 0.5) is 13.2 Å². The summed E-state index contributed by atoms with van der Waals surface area (Å²) in [6, 6.07) is 14.0. The van der Waals surface area contributed by atoms with Crippen LogP contribution in [0.5, 0.6) is 5.75 Å². The Morgan fingerprint density at radius 1 is 1.08 bits per heavy atom. The molecule has 3 N–H and O–H groups in total. The van der Waals surface area contributed by atoms with E-state index in [0.29, 0.717) is 10.9 Å². The first-order valence-corrected chi connectivity index (χ1v) is 12.0. The van der Waals surface area contributed by atoms with Crippen LogP contribution in [-0.2, 0) is 12.7 Å². The summed E-state index contributed by atoms with van der Waals surface area (Å²) in [6.45, 7) is 3.73. The predicted molar refractivity (Wildman–Crippen MR) is 139 cm³/mol. The molecule has 3 heterocycles. The number of rotatable bonds is 6. The Labute approximate surface area is 221 Å². The summed E-state index contributed by atoms with van der Waals surface area (Å²) in [6.07, 6.45) is -4.63. The van der Waals surface area contributed by atoms with E-state index in [0.717, 1.165) is 28.2 Å². The van der Waals surface area contributed by atoms with Crippen LogP contribution in [0.25, 0.3) is 33.3 Å². The van der Waals surface area contributed by atoms with Gasteiger partial charge in [0, 0.05) is 28.6 Å². The first kappa shape index (κ1) is 26.1. The van der Waals surface area contributed by atoms with E-state index < -0.39 is 23.8 Å². The highest BCUT2D eigenvalue weighted by Gasteiger charge is 2.33. The largest absolute Gasteiger partial charge is 0.494 e. The molecule has 3 aromatic heterocycles. The maximum Gasteiger partial charge on any atom is 0.433 e. The standard InChI is InChI=1S/C28H24F3N5O3/c1-14-12-16(17-6-4-5-7-20(17)34-14)13-33-26(37)24-25(15(2)32)39-27(36-24)19-8-10-21(38-3)23-18(19)9-11-22(35-23)28(29,30)31/h4-12,15H,13,32H2,1-3H3,(H,33,37)/t15-/m0/s1. The van der Waals surface area contributed by atoms with Gasteiger partial charge in [0.1, 0.15) is 17.0 Å². The lowest BCUT2D eigenvalue weighted by Gasteiger charge is -2.11. The highest BCUT2D eigenvalue weighted by molar-refractivity contribution is 5.98. The van der Waals surface area contributed by atoms with Crippen molar-refractivity contribution in [2.24, 2.45) is 5.73 Å². The number of carbonyl (C=O) groups is 1. The molecule has 5 aromatic rings. The number of para-hydroxylation sites is 1. The van der Waals surface area contributed by atoms with E-state index in [1.54, 1.807) is 13.0 Å². The Balaban J connectivity index is 1.52. The monoisotopic (exact) mass is 535 g/mol. The summed E-state index contributed by atoms with van der Waals surface area (Å²) in [4.78, 5) is 26.0. The van der Waals surface area contributed by atoms with Crippen LogP contribution >= 0.6 is 0 Å². The van der Waals surface area contributed by atoms with Gasteiger partial charge in [-0.15, -0.1) is 0 Å². The van der Waals surface area contributed by atoms with Gasteiger partial charge >= 0.3 is 6.18 Å². The number of nitrogens with two attached hydrogens (primary N) is 1. The van der Waals surface area contributed by atoms with Gasteiger partial charge in [-0.1, -0.05) is 18.2 Å². The molecular formula is C28H24F3N5O3. The summed E-state index contributed by atoms with van der Waals surface area (Å²) in [5.41, 5.74) is 7.84. The molecule has 0 spiro atoms. The smallest absolute Gasteiger partial charge is 0.433 e. The fraction of sp³-hybridized carbons (Fsp3) is 0.214. The van der Waals surface area contributed by atoms with Crippen molar-refractivity contribution in [1.82, 2.24) is 20.3 Å². The lowest BCUT2D eigenvalue weighted by Crippen LogP contribution is -2.25. The normalized spacial score (nSPS) is 12.6. The number of oxazole rings is 1. The Bertz CT molecular complexity index is 1710. The number of nitrogens with zero attached hydrogens (tertiary/aromatic N) is 3. The first-order valence-electron chi connectivity index (χ1n) is 12.0. The summed E-state index contributed by atoms with van der Waals surface area (Å²) in [5, 5.41) is 4.09. The van der Waals surface area contributed by atoms with Crippen molar-refractivity contribution in [3.8, 4) is 17.2 Å². The van der Waals surface area contributed by atoms with Gasteiger partial charge in [0.15, 0.2) is 11.5 Å². The van der Waals surface area contributed by atoms with Gasteiger partial charge in [0.2, 0.25) is 5.89 Å². The minimum Gasteiger partial charge on any atom is -0.494 e. The first-order chi connectivity index (χ1) is 18.6. The molecule has 39 heavy (non-hydrogen) atoms. The molecule has 200 valence electrons. The molecule has 5 rings (SSSR count). The zero-order valence-electron chi connectivity index (χ0n) is 21.3. The molecule has 8 nitrogen and oxygen atoms in total. The second kappa shape index (κ2) is 9.99. The maximum atomic E-state index is 13.3. The van der Waals surface area contributed by atoms with E-state index in [1.165, 1.54) is 19.2 Å². The molecule has 0 saturated carbocycles. The van der Waals surface area contributed by atoms with Crippen LogP contribution in [0.3, 0.4) is 0 Å². The molecule has 1 atom stereocenters. The van der Waals surface area contributed by atoms with E-state index >= 15 is 0 Å². The number of ether oxygens (including phenoxy) is 1. The van der Waals surface area contributed by atoms with Crippen molar-refractivity contribution in [2.45, 2.75) is 32.6 Å². The number of benzene rings is 2. The third-order valence-electron chi connectivity index (χ3n) is 6.21. The van der Waals surface area contributed by atoms with Crippen molar-refractivity contribution in [3.63, 3.8) is 0 Å². The molecular weight excluding hydrogens is 511 g/mol. The number of hydrogen-bond acceptors (Lipinski definition) is 7. The number of aromatic nitrogens is 3. The molecule has 0 bridgehead atoms. The van der Waals surface area contributed by atoms with Crippen molar-refractivity contribution >= 4 is 27.7 Å². The average Bonchev–Trinajstić information content (AvgIpc) is 3.36. The second-order valence-corrected chi connectivity index (χ2v) is 9.05. The van der Waals surface area contributed by atoms with E-state index in [4.69, 9.17) is 14.9 Å². The molecule has 0 saturated heterocycles.